The number of aliphatic hydroxyl groups excluding tert-OH is 1. The zero-order chi connectivity index (χ0) is 34.5. The summed E-state index contributed by atoms with van der Waals surface area (Å²) in [5.41, 5.74) is -2.61. The van der Waals surface area contributed by atoms with Gasteiger partial charge >= 0.3 is 6.36 Å². The second-order valence-corrected chi connectivity index (χ2v) is 17.3. The van der Waals surface area contributed by atoms with Crippen molar-refractivity contribution in [1.29, 1.82) is 0 Å². The molecule has 3 fully saturated rings. The van der Waals surface area contributed by atoms with Crippen LogP contribution in [-0.4, -0.2) is 59.6 Å². The van der Waals surface area contributed by atoms with E-state index in [-0.39, 0.29) is 41.9 Å². The normalized spacial score (nSPS) is 38.7. The minimum absolute atomic E-state index is 0.0604. The topological polar surface area (TPSA) is 117 Å². The molecule has 1 heterocycles. The van der Waals surface area contributed by atoms with E-state index in [1.165, 1.54) is 22.7 Å². The van der Waals surface area contributed by atoms with E-state index in [2.05, 4.69) is 29.9 Å². The first-order valence-electron chi connectivity index (χ1n) is 16.6. The molecule has 0 aliphatic heterocycles. The van der Waals surface area contributed by atoms with Crippen LogP contribution in [0, 0.1) is 33.5 Å². The van der Waals surface area contributed by atoms with Crippen LogP contribution in [0.3, 0.4) is 0 Å². The number of carbonyl (C=O) groups excluding carboxylic acids is 1. The van der Waals surface area contributed by atoms with Crippen molar-refractivity contribution in [2.75, 3.05) is 12.8 Å². The third-order valence-electron chi connectivity index (χ3n) is 13.1. The number of carbonyl (C=O) groups is 1. The van der Waals surface area contributed by atoms with Crippen molar-refractivity contribution in [2.24, 2.45) is 33.5 Å². The highest BCUT2D eigenvalue weighted by molar-refractivity contribution is 7.88. The molecule has 1 aromatic heterocycles. The molecular formula is C36H42F3NO7S. The fourth-order valence-electron chi connectivity index (χ4n) is 10.7. The lowest BCUT2D eigenvalue weighted by molar-refractivity contribution is -0.274. The molecule has 48 heavy (non-hydrogen) atoms. The largest absolute Gasteiger partial charge is 0.573 e. The number of ketones is 1. The molecule has 3 saturated carbocycles. The number of benzene rings is 1. The third-order valence-corrected chi connectivity index (χ3v) is 14.3. The summed E-state index contributed by atoms with van der Waals surface area (Å²) in [5.74, 6) is -0.516. The third kappa shape index (κ3) is 4.87. The molecule has 2 bridgehead atoms. The van der Waals surface area contributed by atoms with E-state index in [4.69, 9.17) is 4.42 Å². The Morgan fingerprint density at radius 1 is 1.02 bits per heavy atom. The molecule has 2 aromatic rings. The number of hydrogen-bond donors (Lipinski definition) is 2. The molecule has 1 unspecified atom stereocenters. The van der Waals surface area contributed by atoms with Gasteiger partial charge in [0.1, 0.15) is 5.75 Å². The Balaban J connectivity index is 1.25. The van der Waals surface area contributed by atoms with Gasteiger partial charge in [-0.1, -0.05) is 44.2 Å². The lowest BCUT2D eigenvalue weighted by atomic mass is 9.32. The molecule has 8 rings (SSSR count). The minimum atomic E-state index is -4.85. The highest BCUT2D eigenvalue weighted by Crippen LogP contribution is 2.78. The molecule has 6 aliphatic carbocycles. The predicted octanol–water partition coefficient (Wildman–Crippen LogP) is 6.41. The monoisotopic (exact) mass is 689 g/mol. The molecule has 6 aliphatic rings. The maximum atomic E-state index is 14.3. The smallest absolute Gasteiger partial charge is 0.461 e. The number of nitrogens with zero attached hydrogens (tertiary/aromatic N) is 1. The van der Waals surface area contributed by atoms with Gasteiger partial charge in [0.2, 0.25) is 15.8 Å². The van der Waals surface area contributed by atoms with Crippen molar-refractivity contribution in [1.82, 2.24) is 4.31 Å². The van der Waals surface area contributed by atoms with Gasteiger partial charge in [0.15, 0.2) is 5.76 Å². The van der Waals surface area contributed by atoms with Crippen molar-refractivity contribution in [2.45, 2.75) is 83.4 Å². The van der Waals surface area contributed by atoms with E-state index in [9.17, 15) is 36.6 Å². The summed E-state index contributed by atoms with van der Waals surface area (Å²) >= 11 is 0. The van der Waals surface area contributed by atoms with E-state index in [0.717, 1.165) is 24.8 Å². The minimum Gasteiger partial charge on any atom is -0.461 e. The SMILES string of the molecule is C[C@]12CC[C@H]3[C@]4(C=C[C@@]5(C=C4C(=O)c4ccco4)CC(O)CC[C@]35C)[C@@H]1CC[C@@]2(O)CN(Cc1ccc(OC(F)(F)F)cc1)S(C)(=O)=O. The van der Waals surface area contributed by atoms with Gasteiger partial charge in [0.05, 0.1) is 24.2 Å². The van der Waals surface area contributed by atoms with Gasteiger partial charge in [-0.15, -0.1) is 13.2 Å². The van der Waals surface area contributed by atoms with Crippen molar-refractivity contribution in [3.05, 3.63) is 77.8 Å². The molecule has 1 aromatic carbocycles. The second-order valence-electron chi connectivity index (χ2n) is 15.3. The molecule has 260 valence electrons. The predicted molar refractivity (Wildman–Crippen MR) is 170 cm³/mol. The van der Waals surface area contributed by atoms with Gasteiger partial charge < -0.3 is 19.4 Å². The summed E-state index contributed by atoms with van der Waals surface area (Å²) in [7, 11) is -3.87. The molecule has 12 heteroatoms. The summed E-state index contributed by atoms with van der Waals surface area (Å²) in [6, 6.07) is 8.38. The Bertz CT molecular complexity index is 1770. The van der Waals surface area contributed by atoms with E-state index in [1.807, 2.05) is 6.92 Å². The van der Waals surface area contributed by atoms with Crippen LogP contribution in [0.5, 0.6) is 5.75 Å². The molecule has 8 atom stereocenters. The molecular weight excluding hydrogens is 647 g/mol. The lowest BCUT2D eigenvalue weighted by Crippen LogP contribution is -2.67. The molecule has 0 radical (unpaired) electrons. The van der Waals surface area contributed by atoms with Crippen molar-refractivity contribution in [3.63, 3.8) is 0 Å². The van der Waals surface area contributed by atoms with Gasteiger partial charge in [-0.3, -0.25) is 4.79 Å². The van der Waals surface area contributed by atoms with Gasteiger partial charge in [0.25, 0.3) is 0 Å². The standard InChI is InChI=1S/C36H42F3NO7S/c1-31-13-10-24(41)19-33(31)16-17-35(26(20-33)30(42)27-5-4-18-46-27)28(31)11-14-32(2)29(35)12-15-34(32,43)22-40(48(3,44)45)21-23-6-8-25(9-7-23)47-36(37,38)39/h4-9,16-18,20,24,28-29,41,43H,10-15,19,21-22H2,1-3H3/t24?,28-,29-,31-,32+,33+,34-,35-/m1/s1. The summed E-state index contributed by atoms with van der Waals surface area (Å²) in [6.07, 6.45) is 7.87. The van der Waals surface area contributed by atoms with E-state index < -0.39 is 50.1 Å². The fourth-order valence-corrected chi connectivity index (χ4v) is 11.6. The number of alkyl halides is 3. The van der Waals surface area contributed by atoms with Gasteiger partial charge in [-0.25, -0.2) is 8.42 Å². The van der Waals surface area contributed by atoms with Gasteiger partial charge in [0, 0.05) is 34.9 Å². The molecule has 8 nitrogen and oxygen atoms in total. The molecule has 0 amide bonds. The molecule has 2 spiro atoms. The highest BCUT2D eigenvalue weighted by Gasteiger charge is 2.74. The fraction of sp³-hybridized carbons (Fsp3) is 0.583. The first-order chi connectivity index (χ1) is 22.4. The summed E-state index contributed by atoms with van der Waals surface area (Å²) in [6.45, 7) is 3.95. The number of halogens is 3. The van der Waals surface area contributed by atoms with Crippen LogP contribution in [0.1, 0.15) is 74.9 Å². The van der Waals surface area contributed by atoms with Crippen LogP contribution in [-0.2, 0) is 16.6 Å². The van der Waals surface area contributed by atoms with Crippen LogP contribution in [0.2, 0.25) is 0 Å². The second kappa shape index (κ2) is 10.8. The van der Waals surface area contributed by atoms with E-state index in [1.54, 1.807) is 12.1 Å². The van der Waals surface area contributed by atoms with E-state index in [0.29, 0.717) is 49.7 Å². The summed E-state index contributed by atoms with van der Waals surface area (Å²) < 4.78 is 75.2. The summed E-state index contributed by atoms with van der Waals surface area (Å²) in [4.78, 5) is 14.3. The Labute approximate surface area is 278 Å². The Hall–Kier alpha value is -2.93. The first kappa shape index (κ1) is 33.6. The van der Waals surface area contributed by atoms with Crippen molar-refractivity contribution >= 4 is 15.8 Å². The van der Waals surface area contributed by atoms with Gasteiger partial charge in [-0.05, 0) is 92.0 Å². The number of Topliss-reactive ketones (excluding diaryl/α,β-unsaturated/α-hetero) is 1. The van der Waals surface area contributed by atoms with Crippen LogP contribution >= 0.6 is 0 Å². The maximum absolute atomic E-state index is 14.3. The number of sulfonamides is 1. The van der Waals surface area contributed by atoms with Crippen LogP contribution in [0.4, 0.5) is 13.2 Å². The Kier molecular flexibility index (Phi) is 7.54. The molecule has 2 N–H and O–H groups in total. The van der Waals surface area contributed by atoms with Crippen molar-refractivity contribution in [3.8, 4) is 5.75 Å². The maximum Gasteiger partial charge on any atom is 0.573 e. The number of hydrogen-bond acceptors (Lipinski definition) is 7. The number of rotatable bonds is 8. The highest BCUT2D eigenvalue weighted by atomic mass is 32.2. The van der Waals surface area contributed by atoms with Crippen LogP contribution < -0.4 is 4.74 Å². The number of ether oxygens (including phenoxy) is 1. The summed E-state index contributed by atoms with van der Waals surface area (Å²) in [5, 5.41) is 23.5. The van der Waals surface area contributed by atoms with Crippen LogP contribution in [0.25, 0.3) is 0 Å². The zero-order valence-electron chi connectivity index (χ0n) is 27.3. The zero-order valence-corrected chi connectivity index (χ0v) is 28.1. The Morgan fingerprint density at radius 3 is 2.33 bits per heavy atom. The average molecular weight is 690 g/mol. The number of aliphatic hydroxyl groups is 2. The average Bonchev–Trinajstić information content (AvgIpc) is 3.63. The quantitative estimate of drug-likeness (QED) is 0.243. The van der Waals surface area contributed by atoms with Crippen LogP contribution in [0.15, 0.2) is 70.9 Å². The number of fused-ring (bicyclic) bond motifs is 1. The first-order valence-corrected chi connectivity index (χ1v) is 18.4. The van der Waals surface area contributed by atoms with Gasteiger partial charge in [-0.2, -0.15) is 4.31 Å². The lowest BCUT2D eigenvalue weighted by Gasteiger charge is -2.71. The Morgan fingerprint density at radius 2 is 1.69 bits per heavy atom. The van der Waals surface area contributed by atoms with E-state index >= 15 is 0 Å². The van der Waals surface area contributed by atoms with Crippen molar-refractivity contribution < 1.29 is 45.8 Å². The number of furan rings is 1. The molecule has 0 saturated heterocycles. The number of allylic oxidation sites excluding steroid dienone is 4.